The van der Waals surface area contributed by atoms with E-state index in [0.717, 1.165) is 17.7 Å². The predicted octanol–water partition coefficient (Wildman–Crippen LogP) is 4.11. The number of halogens is 1. The van der Waals surface area contributed by atoms with Crippen LogP contribution in [0.15, 0.2) is 29.6 Å². The van der Waals surface area contributed by atoms with Crippen LogP contribution in [0.25, 0.3) is 11.1 Å². The third-order valence-corrected chi connectivity index (χ3v) is 4.23. The molecule has 18 heavy (non-hydrogen) atoms. The van der Waals surface area contributed by atoms with E-state index in [2.05, 4.69) is 23.7 Å². The van der Waals surface area contributed by atoms with Gasteiger partial charge in [-0.25, -0.2) is 4.39 Å². The van der Waals surface area contributed by atoms with Crippen molar-refractivity contribution in [3.05, 3.63) is 45.9 Å². The first-order valence-corrected chi connectivity index (χ1v) is 7.18. The SMILES string of the molecule is Cc1sccc1-c1cc(F)ccc1CNC1CC1. The molecule has 1 N–H and O–H groups in total. The lowest BCUT2D eigenvalue weighted by atomic mass is 10.00. The summed E-state index contributed by atoms with van der Waals surface area (Å²) in [4.78, 5) is 1.24. The summed E-state index contributed by atoms with van der Waals surface area (Å²) in [5.41, 5.74) is 3.37. The number of hydrogen-bond acceptors (Lipinski definition) is 2. The summed E-state index contributed by atoms with van der Waals surface area (Å²) in [6.45, 7) is 2.92. The van der Waals surface area contributed by atoms with Crippen LogP contribution >= 0.6 is 11.3 Å². The van der Waals surface area contributed by atoms with Gasteiger partial charge in [0.1, 0.15) is 5.82 Å². The molecule has 0 atom stereocenters. The van der Waals surface area contributed by atoms with E-state index in [1.807, 2.05) is 6.07 Å². The van der Waals surface area contributed by atoms with Crippen molar-refractivity contribution in [3.63, 3.8) is 0 Å². The molecule has 3 heteroatoms. The lowest BCUT2D eigenvalue weighted by molar-refractivity contribution is 0.625. The summed E-state index contributed by atoms with van der Waals surface area (Å²) in [5.74, 6) is -0.161. The Bertz CT molecular complexity index is 557. The van der Waals surface area contributed by atoms with Crippen molar-refractivity contribution in [2.45, 2.75) is 32.4 Å². The van der Waals surface area contributed by atoms with Crippen molar-refractivity contribution in [1.29, 1.82) is 0 Å². The van der Waals surface area contributed by atoms with Crippen LogP contribution in [0.5, 0.6) is 0 Å². The lowest BCUT2D eigenvalue weighted by Crippen LogP contribution is -2.15. The third-order valence-electron chi connectivity index (χ3n) is 3.38. The molecular weight excluding hydrogens is 245 g/mol. The normalized spacial score (nSPS) is 15.0. The van der Waals surface area contributed by atoms with Gasteiger partial charge in [0.2, 0.25) is 0 Å². The lowest BCUT2D eigenvalue weighted by Gasteiger charge is -2.10. The summed E-state index contributed by atoms with van der Waals surface area (Å²) in [6, 6.07) is 7.85. The van der Waals surface area contributed by atoms with Crippen molar-refractivity contribution < 1.29 is 4.39 Å². The molecule has 1 aliphatic carbocycles. The minimum Gasteiger partial charge on any atom is -0.310 e. The van der Waals surface area contributed by atoms with Gasteiger partial charge in [0.05, 0.1) is 0 Å². The van der Waals surface area contributed by atoms with Crippen molar-refractivity contribution in [3.8, 4) is 11.1 Å². The molecule has 0 spiro atoms. The third kappa shape index (κ3) is 2.47. The van der Waals surface area contributed by atoms with Gasteiger partial charge in [-0.1, -0.05) is 6.07 Å². The molecule has 1 aliphatic rings. The Balaban J connectivity index is 1.94. The minimum atomic E-state index is -0.161. The van der Waals surface area contributed by atoms with Crippen LogP contribution < -0.4 is 5.32 Å². The molecule has 1 aromatic heterocycles. The highest BCUT2D eigenvalue weighted by Gasteiger charge is 2.20. The van der Waals surface area contributed by atoms with Crippen molar-refractivity contribution in [2.24, 2.45) is 0 Å². The highest BCUT2D eigenvalue weighted by molar-refractivity contribution is 7.10. The number of rotatable bonds is 4. The maximum absolute atomic E-state index is 13.5. The molecule has 0 aliphatic heterocycles. The standard InChI is InChI=1S/C15H16FNS/c1-10-14(6-7-18-10)15-8-12(16)3-2-11(15)9-17-13-4-5-13/h2-3,6-8,13,17H,4-5,9H2,1H3. The molecule has 2 aromatic rings. The average molecular weight is 261 g/mol. The molecule has 1 saturated carbocycles. The number of thiophene rings is 1. The summed E-state index contributed by atoms with van der Waals surface area (Å²) in [6.07, 6.45) is 2.54. The zero-order valence-electron chi connectivity index (χ0n) is 10.4. The van der Waals surface area contributed by atoms with E-state index in [1.165, 1.54) is 23.3 Å². The maximum Gasteiger partial charge on any atom is 0.123 e. The van der Waals surface area contributed by atoms with E-state index < -0.39 is 0 Å². The Morgan fingerprint density at radius 2 is 2.11 bits per heavy atom. The molecular formula is C15H16FNS. The van der Waals surface area contributed by atoms with E-state index in [-0.39, 0.29) is 5.82 Å². The van der Waals surface area contributed by atoms with Crippen molar-refractivity contribution >= 4 is 11.3 Å². The molecule has 0 amide bonds. The summed E-state index contributed by atoms with van der Waals surface area (Å²) < 4.78 is 13.5. The van der Waals surface area contributed by atoms with Gasteiger partial charge in [-0.15, -0.1) is 11.3 Å². The quantitative estimate of drug-likeness (QED) is 0.873. The molecule has 1 aromatic carbocycles. The van der Waals surface area contributed by atoms with Crippen LogP contribution in [0.3, 0.4) is 0 Å². The molecule has 1 nitrogen and oxygen atoms in total. The first-order chi connectivity index (χ1) is 8.74. The Hall–Kier alpha value is -1.19. The molecule has 0 unspecified atom stereocenters. The summed E-state index contributed by atoms with van der Waals surface area (Å²) in [7, 11) is 0. The molecule has 1 fully saturated rings. The minimum absolute atomic E-state index is 0.161. The number of hydrogen-bond donors (Lipinski definition) is 1. The van der Waals surface area contributed by atoms with Crippen molar-refractivity contribution in [2.75, 3.05) is 0 Å². The van der Waals surface area contributed by atoms with Gasteiger partial charge in [-0.2, -0.15) is 0 Å². The Morgan fingerprint density at radius 3 is 2.78 bits per heavy atom. The summed E-state index contributed by atoms with van der Waals surface area (Å²) in [5, 5.41) is 5.56. The second-order valence-electron chi connectivity index (χ2n) is 4.85. The highest BCUT2D eigenvalue weighted by atomic mass is 32.1. The van der Waals surface area contributed by atoms with Crippen LogP contribution in [0.4, 0.5) is 4.39 Å². The van der Waals surface area contributed by atoms with E-state index in [4.69, 9.17) is 0 Å². The van der Waals surface area contributed by atoms with Crippen LogP contribution in [-0.2, 0) is 6.54 Å². The smallest absolute Gasteiger partial charge is 0.123 e. The monoisotopic (exact) mass is 261 g/mol. The van der Waals surface area contributed by atoms with Crippen LogP contribution in [0, 0.1) is 12.7 Å². The van der Waals surface area contributed by atoms with E-state index in [1.54, 1.807) is 23.5 Å². The number of nitrogens with one attached hydrogen (secondary N) is 1. The van der Waals surface area contributed by atoms with Crippen LogP contribution in [0.1, 0.15) is 23.3 Å². The molecule has 0 saturated heterocycles. The first-order valence-electron chi connectivity index (χ1n) is 6.30. The number of aryl methyl sites for hydroxylation is 1. The van der Waals surface area contributed by atoms with Gasteiger partial charge in [0.25, 0.3) is 0 Å². The summed E-state index contributed by atoms with van der Waals surface area (Å²) >= 11 is 1.71. The largest absolute Gasteiger partial charge is 0.310 e. The molecule has 3 rings (SSSR count). The van der Waals surface area contributed by atoms with Gasteiger partial charge >= 0.3 is 0 Å². The maximum atomic E-state index is 13.5. The van der Waals surface area contributed by atoms with E-state index >= 15 is 0 Å². The zero-order valence-corrected chi connectivity index (χ0v) is 11.2. The van der Waals surface area contributed by atoms with Gasteiger partial charge in [-0.05, 0) is 60.0 Å². The molecule has 1 heterocycles. The fraction of sp³-hybridized carbons (Fsp3) is 0.333. The van der Waals surface area contributed by atoms with Gasteiger partial charge in [-0.3, -0.25) is 0 Å². The van der Waals surface area contributed by atoms with Gasteiger partial charge in [0.15, 0.2) is 0 Å². The molecule has 0 bridgehead atoms. The Labute approximate surface area is 111 Å². The Morgan fingerprint density at radius 1 is 1.28 bits per heavy atom. The van der Waals surface area contributed by atoms with Gasteiger partial charge < -0.3 is 5.32 Å². The fourth-order valence-electron chi connectivity index (χ4n) is 2.16. The molecule has 0 radical (unpaired) electrons. The number of benzene rings is 1. The average Bonchev–Trinajstić information content (AvgIpc) is 3.09. The Kier molecular flexibility index (Phi) is 3.18. The highest BCUT2D eigenvalue weighted by Crippen LogP contribution is 2.31. The van der Waals surface area contributed by atoms with Gasteiger partial charge in [0, 0.05) is 17.5 Å². The first kappa shape index (κ1) is 11.9. The van der Waals surface area contributed by atoms with Crippen molar-refractivity contribution in [1.82, 2.24) is 5.32 Å². The zero-order chi connectivity index (χ0) is 12.5. The predicted molar refractivity (Wildman–Crippen MR) is 74.3 cm³/mol. The second kappa shape index (κ2) is 4.82. The second-order valence-corrected chi connectivity index (χ2v) is 5.97. The molecule has 94 valence electrons. The van der Waals surface area contributed by atoms with E-state index in [0.29, 0.717) is 6.04 Å². The topological polar surface area (TPSA) is 12.0 Å². The van der Waals surface area contributed by atoms with Crippen LogP contribution in [0.2, 0.25) is 0 Å². The fourth-order valence-corrected chi connectivity index (χ4v) is 2.87. The van der Waals surface area contributed by atoms with E-state index in [9.17, 15) is 4.39 Å². The van der Waals surface area contributed by atoms with Crippen LogP contribution in [-0.4, -0.2) is 6.04 Å².